The van der Waals surface area contributed by atoms with Crippen LogP contribution in [0.25, 0.3) is 0 Å². The van der Waals surface area contributed by atoms with Crippen LogP contribution in [0.1, 0.15) is 27.4 Å². The van der Waals surface area contributed by atoms with Gasteiger partial charge in [0.05, 0.1) is 12.1 Å². The van der Waals surface area contributed by atoms with Gasteiger partial charge in [-0.15, -0.1) is 23.1 Å². The highest BCUT2D eigenvalue weighted by Gasteiger charge is 2.10. The summed E-state index contributed by atoms with van der Waals surface area (Å²) in [5, 5.41) is 5.87. The van der Waals surface area contributed by atoms with Crippen molar-refractivity contribution in [3.05, 3.63) is 75.2 Å². The molecule has 5 heteroatoms. The average Bonchev–Trinajstić information content (AvgIpc) is 3.05. The second kappa shape index (κ2) is 8.52. The molecule has 0 spiro atoms. The van der Waals surface area contributed by atoms with Crippen LogP contribution in [0.3, 0.4) is 0 Å². The number of nitrogens with zero attached hydrogens (tertiary/aromatic N) is 1. The van der Waals surface area contributed by atoms with Gasteiger partial charge in [-0.3, -0.25) is 4.79 Å². The number of aromatic nitrogens is 1. The maximum atomic E-state index is 12.3. The van der Waals surface area contributed by atoms with Crippen LogP contribution in [0, 0.1) is 20.8 Å². The van der Waals surface area contributed by atoms with Crippen molar-refractivity contribution >= 4 is 34.7 Å². The number of aryl methyl sites for hydroxylation is 3. The van der Waals surface area contributed by atoms with Crippen molar-refractivity contribution < 1.29 is 4.79 Å². The van der Waals surface area contributed by atoms with E-state index in [2.05, 4.69) is 47.7 Å². The largest absolute Gasteiger partial charge is 0.325 e. The number of carbonyl (C=O) groups excluding carboxylic acids is 1. The predicted molar refractivity (Wildman–Crippen MR) is 111 cm³/mol. The van der Waals surface area contributed by atoms with Gasteiger partial charge >= 0.3 is 0 Å². The summed E-state index contributed by atoms with van der Waals surface area (Å²) in [4.78, 5) is 18.2. The Kier molecular flexibility index (Phi) is 6.12. The highest BCUT2D eigenvalue weighted by molar-refractivity contribution is 7.98. The summed E-state index contributed by atoms with van der Waals surface area (Å²) in [5.41, 5.74) is 5.50. The summed E-state index contributed by atoms with van der Waals surface area (Å²) in [5.74, 6) is 0.794. The van der Waals surface area contributed by atoms with Crippen LogP contribution in [0.15, 0.2) is 52.7 Å². The zero-order chi connectivity index (χ0) is 18.5. The van der Waals surface area contributed by atoms with Crippen LogP contribution in [-0.4, -0.2) is 10.9 Å². The van der Waals surface area contributed by atoms with Gasteiger partial charge in [-0.05, 0) is 44.0 Å². The number of benzene rings is 2. The molecule has 0 atom stereocenters. The fraction of sp³-hybridized carbons (Fsp3) is 0.238. The Balaban J connectivity index is 1.57. The molecule has 0 saturated heterocycles. The van der Waals surface area contributed by atoms with Crippen molar-refractivity contribution in [2.45, 2.75) is 37.8 Å². The SMILES string of the molecule is Cc1ccc(C)c(SCc2csc(CC(=O)Nc3ccccc3C)n2)c1. The van der Waals surface area contributed by atoms with E-state index in [1.54, 1.807) is 23.1 Å². The van der Waals surface area contributed by atoms with E-state index in [1.807, 2.05) is 31.2 Å². The van der Waals surface area contributed by atoms with Crippen molar-refractivity contribution in [1.29, 1.82) is 0 Å². The molecule has 3 rings (SSSR count). The quantitative estimate of drug-likeness (QED) is 0.569. The molecular formula is C21H22N2OS2. The third-order valence-electron chi connectivity index (χ3n) is 4.05. The molecule has 3 aromatic rings. The van der Waals surface area contributed by atoms with E-state index < -0.39 is 0 Å². The lowest BCUT2D eigenvalue weighted by molar-refractivity contribution is -0.115. The van der Waals surface area contributed by atoms with Gasteiger partial charge in [0.1, 0.15) is 5.01 Å². The summed E-state index contributed by atoms with van der Waals surface area (Å²) in [6.07, 6.45) is 0.313. The van der Waals surface area contributed by atoms with Crippen LogP contribution >= 0.6 is 23.1 Å². The molecule has 2 aromatic carbocycles. The number of thiazole rings is 1. The number of nitrogens with one attached hydrogen (secondary N) is 1. The van der Waals surface area contributed by atoms with Gasteiger partial charge in [0.25, 0.3) is 0 Å². The topological polar surface area (TPSA) is 42.0 Å². The predicted octanol–water partition coefficient (Wildman–Crippen LogP) is 5.54. The second-order valence-electron chi connectivity index (χ2n) is 6.33. The molecule has 0 bridgehead atoms. The van der Waals surface area contributed by atoms with Crippen molar-refractivity contribution in [1.82, 2.24) is 4.98 Å². The molecule has 1 aromatic heterocycles. The second-order valence-corrected chi connectivity index (χ2v) is 8.29. The van der Waals surface area contributed by atoms with Crippen molar-refractivity contribution in [2.75, 3.05) is 5.32 Å². The molecular weight excluding hydrogens is 360 g/mol. The van der Waals surface area contributed by atoms with Crippen LogP contribution in [0.5, 0.6) is 0 Å². The van der Waals surface area contributed by atoms with Crippen molar-refractivity contribution in [3.63, 3.8) is 0 Å². The van der Waals surface area contributed by atoms with Gasteiger partial charge in [0, 0.05) is 21.7 Å². The molecule has 1 amide bonds. The summed E-state index contributed by atoms with van der Waals surface area (Å²) in [6.45, 7) is 6.23. The first-order chi connectivity index (χ1) is 12.5. The van der Waals surface area contributed by atoms with E-state index in [-0.39, 0.29) is 5.91 Å². The van der Waals surface area contributed by atoms with Crippen LogP contribution in [-0.2, 0) is 17.0 Å². The highest BCUT2D eigenvalue weighted by atomic mass is 32.2. The van der Waals surface area contributed by atoms with Gasteiger partial charge < -0.3 is 5.32 Å². The molecule has 0 aliphatic rings. The van der Waals surface area contributed by atoms with Gasteiger partial charge in [-0.1, -0.05) is 35.9 Å². The summed E-state index contributed by atoms with van der Waals surface area (Å²) >= 11 is 3.34. The summed E-state index contributed by atoms with van der Waals surface area (Å²) < 4.78 is 0. The zero-order valence-electron chi connectivity index (χ0n) is 15.2. The highest BCUT2D eigenvalue weighted by Crippen LogP contribution is 2.27. The van der Waals surface area contributed by atoms with Gasteiger partial charge in [-0.25, -0.2) is 4.98 Å². The Morgan fingerprint density at radius 2 is 1.92 bits per heavy atom. The number of para-hydroxylation sites is 1. The number of amides is 1. The molecule has 134 valence electrons. The van der Waals surface area contributed by atoms with Crippen LogP contribution < -0.4 is 5.32 Å². The maximum Gasteiger partial charge on any atom is 0.231 e. The first kappa shape index (κ1) is 18.7. The van der Waals surface area contributed by atoms with E-state index in [0.717, 1.165) is 27.7 Å². The molecule has 0 radical (unpaired) electrons. The molecule has 1 N–H and O–H groups in total. The van der Waals surface area contributed by atoms with Crippen LogP contribution in [0.2, 0.25) is 0 Å². The van der Waals surface area contributed by atoms with Gasteiger partial charge in [-0.2, -0.15) is 0 Å². The van der Waals surface area contributed by atoms with Gasteiger partial charge in [0.15, 0.2) is 0 Å². The van der Waals surface area contributed by atoms with E-state index in [9.17, 15) is 4.79 Å². The first-order valence-corrected chi connectivity index (χ1v) is 10.4. The summed E-state index contributed by atoms with van der Waals surface area (Å²) in [6, 6.07) is 14.3. The minimum Gasteiger partial charge on any atom is -0.325 e. The number of thioether (sulfide) groups is 1. The Morgan fingerprint density at radius 3 is 2.73 bits per heavy atom. The Labute approximate surface area is 162 Å². The Bertz CT molecular complexity index is 918. The van der Waals surface area contributed by atoms with Gasteiger partial charge in [0.2, 0.25) is 5.91 Å². The fourth-order valence-corrected chi connectivity index (χ4v) is 4.47. The fourth-order valence-electron chi connectivity index (χ4n) is 2.56. The van der Waals surface area contributed by atoms with Crippen LogP contribution in [0.4, 0.5) is 5.69 Å². The first-order valence-electron chi connectivity index (χ1n) is 8.50. The average molecular weight is 383 g/mol. The summed E-state index contributed by atoms with van der Waals surface area (Å²) in [7, 11) is 0. The monoisotopic (exact) mass is 382 g/mol. The van der Waals surface area contributed by atoms with Crippen molar-refractivity contribution in [3.8, 4) is 0 Å². The normalized spacial score (nSPS) is 10.7. The van der Waals surface area contributed by atoms with E-state index >= 15 is 0 Å². The van der Waals surface area contributed by atoms with E-state index in [4.69, 9.17) is 0 Å². The molecule has 1 heterocycles. The molecule has 0 aliphatic carbocycles. The third kappa shape index (κ3) is 4.96. The van der Waals surface area contributed by atoms with Crippen molar-refractivity contribution in [2.24, 2.45) is 0 Å². The molecule has 0 unspecified atom stereocenters. The number of rotatable bonds is 6. The molecule has 26 heavy (non-hydrogen) atoms. The Hall–Kier alpha value is -2.11. The minimum absolute atomic E-state index is 0.0256. The maximum absolute atomic E-state index is 12.3. The number of carbonyl (C=O) groups is 1. The lowest BCUT2D eigenvalue weighted by Crippen LogP contribution is -2.15. The third-order valence-corrected chi connectivity index (χ3v) is 6.14. The van der Waals surface area contributed by atoms with E-state index in [1.165, 1.54) is 16.0 Å². The lowest BCUT2D eigenvalue weighted by Gasteiger charge is -2.07. The van der Waals surface area contributed by atoms with E-state index in [0.29, 0.717) is 6.42 Å². The molecule has 0 aliphatic heterocycles. The molecule has 3 nitrogen and oxygen atoms in total. The zero-order valence-corrected chi connectivity index (χ0v) is 16.8. The Morgan fingerprint density at radius 1 is 1.12 bits per heavy atom. The minimum atomic E-state index is -0.0256. The smallest absolute Gasteiger partial charge is 0.231 e. The number of hydrogen-bond donors (Lipinski definition) is 1. The number of anilines is 1. The molecule has 0 fully saturated rings. The molecule has 0 saturated carbocycles. The standard InChI is InChI=1S/C21H22N2OS2/c1-14-8-9-16(3)19(10-14)25-12-17-13-26-21(22-17)11-20(24)23-18-7-5-4-6-15(18)2/h4-10,13H,11-12H2,1-3H3,(H,23,24). The number of hydrogen-bond acceptors (Lipinski definition) is 4. The lowest BCUT2D eigenvalue weighted by atomic mass is 10.2.